The molecule has 2 rings (SSSR count). The van der Waals surface area contributed by atoms with Crippen LogP contribution in [0, 0.1) is 0 Å². The van der Waals surface area contributed by atoms with Gasteiger partial charge in [0.25, 0.3) is 0 Å². The van der Waals surface area contributed by atoms with E-state index >= 15 is 0 Å². The lowest BCUT2D eigenvalue weighted by molar-refractivity contribution is 0.201. The van der Waals surface area contributed by atoms with Gasteiger partial charge in [-0.15, -0.1) is 36.2 Å². The van der Waals surface area contributed by atoms with Crippen molar-refractivity contribution < 1.29 is 0 Å². The Morgan fingerprint density at radius 1 is 1.42 bits per heavy atom. The molecular weight excluding hydrogens is 301 g/mol. The summed E-state index contributed by atoms with van der Waals surface area (Å²) in [4.78, 5) is 7.17. The number of rotatable bonds is 2. The summed E-state index contributed by atoms with van der Waals surface area (Å²) in [5.74, 6) is 0. The molecule has 1 saturated heterocycles. The minimum atomic E-state index is 0. The van der Waals surface area contributed by atoms with Gasteiger partial charge in [-0.05, 0) is 19.4 Å². The van der Waals surface area contributed by atoms with Crippen LogP contribution in [0.5, 0.6) is 0 Å². The summed E-state index contributed by atoms with van der Waals surface area (Å²) >= 11 is 1.78. The van der Waals surface area contributed by atoms with Crippen molar-refractivity contribution in [2.75, 3.05) is 13.1 Å². The minimum absolute atomic E-state index is 0. The highest BCUT2D eigenvalue weighted by Gasteiger charge is 2.20. The average molecular weight is 326 g/mol. The molecule has 3 nitrogen and oxygen atoms in total. The van der Waals surface area contributed by atoms with Crippen molar-refractivity contribution in [2.45, 2.75) is 51.6 Å². The van der Waals surface area contributed by atoms with Gasteiger partial charge in [-0.3, -0.25) is 4.90 Å². The molecule has 1 aromatic rings. The van der Waals surface area contributed by atoms with Crippen LogP contribution in [0.15, 0.2) is 5.38 Å². The van der Waals surface area contributed by atoms with Gasteiger partial charge in [0.15, 0.2) is 0 Å². The van der Waals surface area contributed by atoms with E-state index in [1.165, 1.54) is 23.5 Å². The quantitative estimate of drug-likeness (QED) is 0.907. The molecule has 6 heteroatoms. The van der Waals surface area contributed by atoms with Gasteiger partial charge >= 0.3 is 0 Å². The Morgan fingerprint density at radius 2 is 2.11 bits per heavy atom. The van der Waals surface area contributed by atoms with E-state index in [2.05, 4.69) is 31.1 Å². The number of aromatic nitrogens is 1. The van der Waals surface area contributed by atoms with Crippen molar-refractivity contribution in [3.05, 3.63) is 16.1 Å². The molecule has 19 heavy (non-hydrogen) atoms. The van der Waals surface area contributed by atoms with Gasteiger partial charge in [-0.1, -0.05) is 20.8 Å². The first kappa shape index (κ1) is 19.1. The number of nitrogens with two attached hydrogens (primary N) is 1. The molecule has 1 fully saturated rings. The van der Waals surface area contributed by atoms with Crippen LogP contribution in [-0.4, -0.2) is 29.0 Å². The lowest BCUT2D eigenvalue weighted by Crippen LogP contribution is -2.42. The topological polar surface area (TPSA) is 42.1 Å². The Kier molecular flexibility index (Phi) is 7.85. The second kappa shape index (κ2) is 7.79. The predicted molar refractivity (Wildman–Crippen MR) is 87.8 cm³/mol. The third-order valence-corrected chi connectivity index (χ3v) is 4.05. The highest BCUT2D eigenvalue weighted by molar-refractivity contribution is 7.09. The zero-order valence-electron chi connectivity index (χ0n) is 11.9. The third kappa shape index (κ3) is 5.56. The standard InChI is InChI=1S/C13H23N3S.2ClH/c1-13(2,3)11-9-17-12(15-11)8-16-6-4-5-10(14)7-16;;/h9-10H,4-8,14H2,1-3H3;2*1H. The summed E-state index contributed by atoms with van der Waals surface area (Å²) in [6, 6.07) is 0.353. The van der Waals surface area contributed by atoms with E-state index in [9.17, 15) is 0 Å². The maximum Gasteiger partial charge on any atom is 0.107 e. The number of hydrogen-bond acceptors (Lipinski definition) is 4. The largest absolute Gasteiger partial charge is 0.327 e. The summed E-state index contributed by atoms with van der Waals surface area (Å²) < 4.78 is 0. The SMILES string of the molecule is CC(C)(C)c1csc(CN2CCCC(N)C2)n1.Cl.Cl. The predicted octanol–water partition coefficient (Wildman–Crippen LogP) is 3.21. The first-order valence-corrected chi connectivity index (χ1v) is 7.26. The smallest absolute Gasteiger partial charge is 0.107 e. The van der Waals surface area contributed by atoms with Crippen LogP contribution in [0.25, 0.3) is 0 Å². The minimum Gasteiger partial charge on any atom is -0.327 e. The van der Waals surface area contributed by atoms with Crippen LogP contribution < -0.4 is 5.73 Å². The van der Waals surface area contributed by atoms with E-state index in [0.717, 1.165) is 19.6 Å². The highest BCUT2D eigenvalue weighted by atomic mass is 35.5. The van der Waals surface area contributed by atoms with E-state index in [0.29, 0.717) is 6.04 Å². The zero-order chi connectivity index (χ0) is 12.5. The molecular formula is C13H25Cl2N3S. The van der Waals surface area contributed by atoms with Crippen LogP contribution in [0.1, 0.15) is 44.3 Å². The molecule has 2 heterocycles. The molecule has 112 valence electrons. The van der Waals surface area contributed by atoms with Gasteiger partial charge in [0, 0.05) is 23.4 Å². The summed E-state index contributed by atoms with van der Waals surface area (Å²) in [6.45, 7) is 9.78. The Bertz CT molecular complexity index is 376. The first-order chi connectivity index (χ1) is 7.95. The lowest BCUT2D eigenvalue weighted by atomic mass is 9.93. The van der Waals surface area contributed by atoms with Gasteiger partial charge in [0.2, 0.25) is 0 Å². The molecule has 0 amide bonds. The molecule has 0 saturated carbocycles. The molecule has 1 aromatic heterocycles. The third-order valence-electron chi connectivity index (χ3n) is 3.22. The lowest BCUT2D eigenvalue weighted by Gasteiger charge is -2.29. The average Bonchev–Trinajstić information content (AvgIpc) is 2.65. The van der Waals surface area contributed by atoms with Gasteiger partial charge in [-0.25, -0.2) is 4.98 Å². The van der Waals surface area contributed by atoms with E-state index in [-0.39, 0.29) is 30.2 Å². The Morgan fingerprint density at radius 3 is 2.63 bits per heavy atom. The summed E-state index contributed by atoms with van der Waals surface area (Å²) in [5, 5.41) is 3.42. The molecule has 0 bridgehead atoms. The number of thiazole rings is 1. The normalized spacial score (nSPS) is 20.5. The van der Waals surface area contributed by atoms with Crippen molar-refractivity contribution in [2.24, 2.45) is 5.73 Å². The van der Waals surface area contributed by atoms with Crippen molar-refractivity contribution in [3.63, 3.8) is 0 Å². The van der Waals surface area contributed by atoms with E-state index in [4.69, 9.17) is 10.7 Å². The molecule has 2 N–H and O–H groups in total. The second-order valence-electron chi connectivity index (χ2n) is 6.01. The van der Waals surface area contributed by atoms with Crippen molar-refractivity contribution in [1.29, 1.82) is 0 Å². The van der Waals surface area contributed by atoms with Crippen molar-refractivity contribution in [3.8, 4) is 0 Å². The van der Waals surface area contributed by atoms with Crippen molar-refractivity contribution in [1.82, 2.24) is 9.88 Å². The molecule has 0 aromatic carbocycles. The molecule has 1 unspecified atom stereocenters. The van der Waals surface area contributed by atoms with E-state index in [1.54, 1.807) is 11.3 Å². The molecule has 1 atom stereocenters. The van der Waals surface area contributed by atoms with E-state index < -0.39 is 0 Å². The number of piperidine rings is 1. The van der Waals surface area contributed by atoms with Crippen LogP contribution in [0.4, 0.5) is 0 Å². The molecule has 0 spiro atoms. The molecule has 1 aliphatic rings. The fourth-order valence-electron chi connectivity index (χ4n) is 2.15. The number of hydrogen-bond donors (Lipinski definition) is 1. The number of likely N-dealkylation sites (tertiary alicyclic amines) is 1. The Hall–Kier alpha value is 0.130. The van der Waals surface area contributed by atoms with E-state index in [1.807, 2.05) is 0 Å². The van der Waals surface area contributed by atoms with Crippen molar-refractivity contribution >= 4 is 36.2 Å². The highest BCUT2D eigenvalue weighted by Crippen LogP contribution is 2.25. The second-order valence-corrected chi connectivity index (χ2v) is 6.96. The maximum absolute atomic E-state index is 5.99. The van der Waals surface area contributed by atoms with Gasteiger partial charge in [0.05, 0.1) is 12.2 Å². The van der Waals surface area contributed by atoms with Crippen LogP contribution in [0.3, 0.4) is 0 Å². The molecule has 1 aliphatic heterocycles. The van der Waals surface area contributed by atoms with Crippen LogP contribution >= 0.6 is 36.2 Å². The van der Waals surface area contributed by atoms with Crippen LogP contribution in [-0.2, 0) is 12.0 Å². The summed E-state index contributed by atoms with van der Waals surface area (Å²) in [5.41, 5.74) is 7.36. The fraction of sp³-hybridized carbons (Fsp3) is 0.769. The maximum atomic E-state index is 5.99. The van der Waals surface area contributed by atoms with Gasteiger partial charge in [-0.2, -0.15) is 0 Å². The Labute approximate surface area is 132 Å². The van der Waals surface area contributed by atoms with Gasteiger partial charge < -0.3 is 5.73 Å². The number of halogens is 2. The zero-order valence-corrected chi connectivity index (χ0v) is 14.3. The van der Waals surface area contributed by atoms with Gasteiger partial charge in [0.1, 0.15) is 5.01 Å². The first-order valence-electron chi connectivity index (χ1n) is 6.38. The Balaban J connectivity index is 0.00000162. The van der Waals surface area contributed by atoms with Crippen LogP contribution in [0.2, 0.25) is 0 Å². The summed E-state index contributed by atoms with van der Waals surface area (Å²) in [7, 11) is 0. The molecule has 0 aliphatic carbocycles. The fourth-order valence-corrected chi connectivity index (χ4v) is 3.22. The summed E-state index contributed by atoms with van der Waals surface area (Å²) in [6.07, 6.45) is 2.39. The number of nitrogens with zero attached hydrogens (tertiary/aromatic N) is 2. The molecule has 0 radical (unpaired) electrons. The monoisotopic (exact) mass is 325 g/mol.